The summed E-state index contributed by atoms with van der Waals surface area (Å²) in [7, 11) is 1.27. The number of amides is 3. The van der Waals surface area contributed by atoms with Crippen LogP contribution in [0.3, 0.4) is 0 Å². The highest BCUT2D eigenvalue weighted by atomic mass is 16.5. The number of benzene rings is 3. The van der Waals surface area contributed by atoms with Gasteiger partial charge in [0.25, 0.3) is 5.91 Å². The smallest absolute Gasteiger partial charge is 0.411 e. The van der Waals surface area contributed by atoms with Crippen molar-refractivity contribution >= 4 is 35.4 Å². The zero-order valence-corrected chi connectivity index (χ0v) is 26.3. The summed E-state index contributed by atoms with van der Waals surface area (Å²) in [6.07, 6.45) is 7.07. The van der Waals surface area contributed by atoms with Crippen LogP contribution in [0.25, 0.3) is 23.0 Å². The number of aromatic amines is 1. The summed E-state index contributed by atoms with van der Waals surface area (Å²) in [6.45, 7) is 2.56. The van der Waals surface area contributed by atoms with Crippen molar-refractivity contribution in [1.29, 1.82) is 0 Å². The normalized spacial score (nSPS) is 15.0. The maximum Gasteiger partial charge on any atom is 0.411 e. The van der Waals surface area contributed by atoms with E-state index in [1.54, 1.807) is 36.5 Å². The fourth-order valence-electron chi connectivity index (χ4n) is 5.27. The van der Waals surface area contributed by atoms with Crippen LogP contribution in [0.4, 0.5) is 16.2 Å². The predicted molar refractivity (Wildman–Crippen MR) is 177 cm³/mol. The van der Waals surface area contributed by atoms with Gasteiger partial charge in [-0.3, -0.25) is 14.9 Å². The van der Waals surface area contributed by atoms with Gasteiger partial charge >= 0.3 is 6.09 Å². The summed E-state index contributed by atoms with van der Waals surface area (Å²) < 4.78 is 12.3. The molecule has 2 aromatic heterocycles. The van der Waals surface area contributed by atoms with Crippen LogP contribution in [0.5, 0.6) is 0 Å². The zero-order chi connectivity index (χ0) is 33.5. The molecular weight excluding hydrogens is 614 g/mol. The number of hydrogen-bond donors (Lipinski definition) is 4. The number of rotatable bonds is 5. The van der Waals surface area contributed by atoms with Crippen LogP contribution in [0.1, 0.15) is 45.3 Å². The molecule has 0 spiro atoms. The van der Waals surface area contributed by atoms with Gasteiger partial charge in [-0.2, -0.15) is 4.68 Å². The van der Waals surface area contributed by atoms with E-state index < -0.39 is 12.1 Å². The van der Waals surface area contributed by atoms with E-state index in [2.05, 4.69) is 36.5 Å². The number of hydrogen-bond acceptors (Lipinski definition) is 9. The fourth-order valence-corrected chi connectivity index (χ4v) is 5.27. The Labute approximate surface area is 275 Å². The topological polar surface area (TPSA) is 178 Å². The number of nitrogens with one attached hydrogen (secondary N) is 4. The van der Waals surface area contributed by atoms with Gasteiger partial charge in [-0.1, -0.05) is 23.8 Å². The second-order valence-corrected chi connectivity index (χ2v) is 11.1. The minimum atomic E-state index is -0.647. The first-order chi connectivity index (χ1) is 23.4. The van der Waals surface area contributed by atoms with Crippen LogP contribution in [-0.2, 0) is 20.7 Å². The number of tetrazole rings is 1. The fraction of sp³-hybridized carbons (Fsp3) is 0.206. The molecule has 4 bridgehead atoms. The van der Waals surface area contributed by atoms with E-state index in [1.165, 1.54) is 24.2 Å². The van der Waals surface area contributed by atoms with Crippen molar-refractivity contribution in [2.75, 3.05) is 31.0 Å². The van der Waals surface area contributed by atoms with E-state index in [0.29, 0.717) is 53.5 Å². The van der Waals surface area contributed by atoms with E-state index in [-0.39, 0.29) is 18.4 Å². The van der Waals surface area contributed by atoms with Crippen LogP contribution >= 0.6 is 0 Å². The molecule has 6 rings (SSSR count). The van der Waals surface area contributed by atoms with Crippen LogP contribution < -0.4 is 16.0 Å². The lowest BCUT2D eigenvalue weighted by Gasteiger charge is -2.17. The Morgan fingerprint density at radius 1 is 1.12 bits per heavy atom. The molecule has 0 unspecified atom stereocenters. The first kappa shape index (κ1) is 31.8. The first-order valence-corrected chi connectivity index (χ1v) is 15.2. The number of ether oxygens (including phenoxy) is 2. The highest BCUT2D eigenvalue weighted by molar-refractivity contribution is 6.07. The second-order valence-electron chi connectivity index (χ2n) is 11.1. The summed E-state index contributed by atoms with van der Waals surface area (Å²) in [4.78, 5) is 46.5. The Balaban J connectivity index is 1.30. The van der Waals surface area contributed by atoms with Gasteiger partial charge in [-0.05, 0) is 84.3 Å². The largest absolute Gasteiger partial charge is 0.453 e. The molecule has 14 heteroatoms. The van der Waals surface area contributed by atoms with E-state index in [0.717, 1.165) is 22.4 Å². The molecule has 1 atom stereocenters. The SMILES string of the molecule is COC(=O)Nc1ccc2c(c1)NC(=O)c1cccc(c1)CCCOC[C@H](NC(=O)/C=C/c1cc(C)ccc1-n1cnnn1)c1nc-2c[nH]1. The lowest BCUT2D eigenvalue weighted by molar-refractivity contribution is -0.117. The lowest BCUT2D eigenvalue weighted by atomic mass is 10.1. The standard InChI is InChI=1S/C34H33N9O5/c1-21-8-12-30(43-20-36-41-42-43)23(15-21)9-13-31(44)38-29-19-48-14-4-6-22-5-3-7-24(16-22)33(45)40-27-17-25(37-34(46)47-2)10-11-26(27)28-18-35-32(29)39-28/h3,5,7-13,15-18,20,29H,4,6,14,19H2,1-2H3,(H,35,39)(H,37,46)(H,38,44)(H,40,45)/b13-9+/t29-/m0/s1. The first-order valence-electron chi connectivity index (χ1n) is 15.2. The summed E-state index contributed by atoms with van der Waals surface area (Å²) in [5.74, 6) is -0.215. The van der Waals surface area contributed by atoms with E-state index in [9.17, 15) is 14.4 Å². The molecule has 0 aliphatic carbocycles. The molecule has 0 saturated heterocycles. The highest BCUT2D eigenvalue weighted by Crippen LogP contribution is 2.31. The molecule has 244 valence electrons. The van der Waals surface area contributed by atoms with Gasteiger partial charge in [0.1, 0.15) is 18.2 Å². The van der Waals surface area contributed by atoms with Gasteiger partial charge in [0.05, 0.1) is 30.8 Å². The predicted octanol–water partition coefficient (Wildman–Crippen LogP) is 4.62. The maximum atomic E-state index is 13.4. The Kier molecular flexibility index (Phi) is 9.62. The van der Waals surface area contributed by atoms with Gasteiger partial charge in [0.15, 0.2) is 0 Å². The number of anilines is 2. The van der Waals surface area contributed by atoms with Crippen molar-refractivity contribution in [3.63, 3.8) is 0 Å². The summed E-state index contributed by atoms with van der Waals surface area (Å²) in [5, 5.41) is 20.0. The van der Waals surface area contributed by atoms with E-state index in [4.69, 9.17) is 14.5 Å². The molecule has 5 aromatic rings. The molecule has 0 fully saturated rings. The molecule has 0 saturated carbocycles. The van der Waals surface area contributed by atoms with E-state index in [1.807, 2.05) is 43.3 Å². The number of aromatic nitrogens is 6. The zero-order valence-electron chi connectivity index (χ0n) is 26.3. The molecule has 3 amide bonds. The Hall–Kier alpha value is -6.15. The quantitative estimate of drug-likeness (QED) is 0.198. The number of fused-ring (bicyclic) bond motifs is 6. The Morgan fingerprint density at radius 2 is 2.02 bits per heavy atom. The number of carbonyl (C=O) groups is 3. The number of methoxy groups -OCH3 is 1. The van der Waals surface area contributed by atoms with Crippen molar-refractivity contribution in [2.24, 2.45) is 0 Å². The summed E-state index contributed by atoms with van der Waals surface area (Å²) in [6, 6.07) is 17.6. The van der Waals surface area contributed by atoms with E-state index >= 15 is 0 Å². The number of aryl methyl sites for hydroxylation is 2. The van der Waals surface area contributed by atoms with Crippen LogP contribution in [-0.4, -0.2) is 68.4 Å². The molecule has 1 aliphatic rings. The maximum absolute atomic E-state index is 13.4. The lowest BCUT2D eigenvalue weighted by Crippen LogP contribution is -2.31. The minimum absolute atomic E-state index is 0.165. The summed E-state index contributed by atoms with van der Waals surface area (Å²) >= 11 is 0. The van der Waals surface area contributed by atoms with Crippen molar-refractivity contribution in [3.05, 3.63) is 107 Å². The van der Waals surface area contributed by atoms with Gasteiger partial charge in [-0.25, -0.2) is 9.78 Å². The van der Waals surface area contributed by atoms with Crippen LogP contribution in [0.15, 0.2) is 79.3 Å². The average Bonchev–Trinajstić information content (AvgIpc) is 3.80. The number of imidazole rings is 1. The molecule has 48 heavy (non-hydrogen) atoms. The molecule has 14 nitrogen and oxygen atoms in total. The van der Waals surface area contributed by atoms with Crippen molar-refractivity contribution in [1.82, 2.24) is 35.5 Å². The third-order valence-corrected chi connectivity index (χ3v) is 7.64. The van der Waals surface area contributed by atoms with Gasteiger partial charge in [-0.15, -0.1) is 5.10 Å². The second kappa shape index (κ2) is 14.5. The minimum Gasteiger partial charge on any atom is -0.453 e. The van der Waals surface area contributed by atoms with Crippen molar-refractivity contribution in [2.45, 2.75) is 25.8 Å². The van der Waals surface area contributed by atoms with Gasteiger partial charge in [0.2, 0.25) is 5.91 Å². The number of nitrogens with zero attached hydrogens (tertiary/aromatic N) is 5. The van der Waals surface area contributed by atoms with Gasteiger partial charge in [0, 0.05) is 41.3 Å². The molecule has 3 heterocycles. The van der Waals surface area contributed by atoms with Crippen LogP contribution in [0, 0.1) is 6.92 Å². The average molecular weight is 648 g/mol. The Morgan fingerprint density at radius 3 is 2.85 bits per heavy atom. The third-order valence-electron chi connectivity index (χ3n) is 7.64. The molecule has 4 N–H and O–H groups in total. The Bertz CT molecular complexity index is 1970. The molecule has 1 aliphatic heterocycles. The van der Waals surface area contributed by atoms with Crippen molar-refractivity contribution < 1.29 is 23.9 Å². The summed E-state index contributed by atoms with van der Waals surface area (Å²) in [5.41, 5.74) is 5.90. The molecular formula is C34H33N9O5. The molecule has 0 radical (unpaired) electrons. The molecule has 3 aromatic carbocycles. The van der Waals surface area contributed by atoms with Crippen LogP contribution in [0.2, 0.25) is 0 Å². The van der Waals surface area contributed by atoms with Gasteiger partial charge < -0.3 is 25.1 Å². The monoisotopic (exact) mass is 647 g/mol. The van der Waals surface area contributed by atoms with Crippen molar-refractivity contribution in [3.8, 4) is 16.9 Å². The number of carbonyl (C=O) groups excluding carboxylic acids is 3. The third kappa shape index (κ3) is 7.62. The number of H-pyrrole nitrogens is 1. The highest BCUT2D eigenvalue weighted by Gasteiger charge is 2.21.